The van der Waals surface area contributed by atoms with Crippen molar-refractivity contribution in [2.24, 2.45) is 0 Å². The predicted molar refractivity (Wildman–Crippen MR) is 58.1 cm³/mol. The number of hydrogen-bond acceptors (Lipinski definition) is 3. The summed E-state index contributed by atoms with van der Waals surface area (Å²) in [4.78, 5) is 0. The Bertz CT molecular complexity index is 274. The molecule has 0 aliphatic carbocycles. The highest BCUT2D eigenvalue weighted by Gasteiger charge is 2.01. The Morgan fingerprint density at radius 1 is 1.29 bits per heavy atom. The largest absolute Gasteiger partial charge is 0.494 e. The predicted octanol–water partition coefficient (Wildman–Crippen LogP) is 1.65. The van der Waals surface area contributed by atoms with Crippen molar-refractivity contribution in [3.05, 3.63) is 29.8 Å². The summed E-state index contributed by atoms with van der Waals surface area (Å²) in [6.45, 7) is 3.50. The number of ether oxygens (including phenoxy) is 1. The van der Waals surface area contributed by atoms with E-state index in [4.69, 9.17) is 4.74 Å². The molecule has 1 rings (SSSR count). The van der Waals surface area contributed by atoms with Crippen LogP contribution in [0.2, 0.25) is 0 Å². The van der Waals surface area contributed by atoms with Gasteiger partial charge in [0.25, 0.3) is 0 Å². The molecule has 78 valence electrons. The third-order valence-corrected chi connectivity index (χ3v) is 1.86. The van der Waals surface area contributed by atoms with Crippen LogP contribution >= 0.6 is 0 Å². The smallest absolute Gasteiger partial charge is 0.123 e. The quantitative estimate of drug-likeness (QED) is 0.721. The number of hydrogen-bond donors (Lipinski definition) is 1. The van der Waals surface area contributed by atoms with Gasteiger partial charge in [-0.1, -0.05) is 18.2 Å². The number of hydrazine groups is 1. The Kier molecular flexibility index (Phi) is 4.43. The van der Waals surface area contributed by atoms with E-state index in [1.165, 1.54) is 5.56 Å². The van der Waals surface area contributed by atoms with E-state index in [-0.39, 0.29) is 0 Å². The molecule has 0 bridgehead atoms. The van der Waals surface area contributed by atoms with Crippen LogP contribution in [0.4, 0.5) is 0 Å². The van der Waals surface area contributed by atoms with Gasteiger partial charge in [0.1, 0.15) is 5.75 Å². The van der Waals surface area contributed by atoms with Crippen LogP contribution in [0.15, 0.2) is 24.3 Å². The van der Waals surface area contributed by atoms with Crippen molar-refractivity contribution in [3.63, 3.8) is 0 Å². The lowest BCUT2D eigenvalue weighted by Gasteiger charge is -2.14. The summed E-state index contributed by atoms with van der Waals surface area (Å²) >= 11 is 0. The minimum Gasteiger partial charge on any atom is -0.494 e. The first-order valence-electron chi connectivity index (χ1n) is 4.85. The zero-order valence-corrected chi connectivity index (χ0v) is 9.08. The molecule has 0 spiro atoms. The summed E-state index contributed by atoms with van der Waals surface area (Å²) in [5.41, 5.74) is 4.40. The second-order valence-corrected chi connectivity index (χ2v) is 3.27. The summed E-state index contributed by atoms with van der Waals surface area (Å²) in [6, 6.07) is 8.08. The van der Waals surface area contributed by atoms with Gasteiger partial charge in [-0.05, 0) is 13.0 Å². The molecular weight excluding hydrogens is 176 g/mol. The second-order valence-electron chi connectivity index (χ2n) is 3.27. The van der Waals surface area contributed by atoms with E-state index in [0.717, 1.165) is 12.3 Å². The highest BCUT2D eigenvalue weighted by atomic mass is 16.5. The van der Waals surface area contributed by atoms with E-state index in [2.05, 4.69) is 11.5 Å². The average molecular weight is 194 g/mol. The molecule has 1 N–H and O–H groups in total. The normalized spacial score (nSPS) is 10.6. The lowest BCUT2D eigenvalue weighted by Crippen LogP contribution is -2.29. The molecule has 0 aliphatic rings. The van der Waals surface area contributed by atoms with Gasteiger partial charge in [0.2, 0.25) is 0 Å². The molecule has 0 heterocycles. The summed E-state index contributed by atoms with van der Waals surface area (Å²) in [5.74, 6) is 0.962. The molecule has 0 aromatic heterocycles. The SMILES string of the molecule is CCOc1ccccc1CNN(C)C. The maximum Gasteiger partial charge on any atom is 0.123 e. The van der Waals surface area contributed by atoms with Crippen LogP contribution in [0, 0.1) is 0 Å². The van der Waals surface area contributed by atoms with Crippen molar-refractivity contribution in [1.29, 1.82) is 0 Å². The number of nitrogens with one attached hydrogen (secondary N) is 1. The fourth-order valence-corrected chi connectivity index (χ4v) is 1.19. The topological polar surface area (TPSA) is 24.5 Å². The van der Waals surface area contributed by atoms with Crippen molar-refractivity contribution in [1.82, 2.24) is 10.4 Å². The lowest BCUT2D eigenvalue weighted by atomic mass is 10.2. The Morgan fingerprint density at radius 3 is 2.64 bits per heavy atom. The molecule has 0 aliphatic heterocycles. The molecule has 1 aromatic carbocycles. The van der Waals surface area contributed by atoms with E-state index in [1.54, 1.807) is 0 Å². The van der Waals surface area contributed by atoms with Crippen LogP contribution in [-0.4, -0.2) is 25.7 Å². The van der Waals surface area contributed by atoms with Gasteiger partial charge >= 0.3 is 0 Å². The summed E-state index contributed by atoms with van der Waals surface area (Å²) in [5, 5.41) is 1.93. The first-order chi connectivity index (χ1) is 6.74. The Balaban J connectivity index is 2.64. The Hall–Kier alpha value is -1.06. The van der Waals surface area contributed by atoms with Crippen molar-refractivity contribution in [2.75, 3.05) is 20.7 Å². The molecule has 3 heteroatoms. The first kappa shape index (κ1) is 11.0. The lowest BCUT2D eigenvalue weighted by molar-refractivity contribution is 0.279. The van der Waals surface area contributed by atoms with Crippen LogP contribution in [-0.2, 0) is 6.54 Å². The van der Waals surface area contributed by atoms with Gasteiger partial charge in [0.15, 0.2) is 0 Å². The van der Waals surface area contributed by atoms with Crippen molar-refractivity contribution in [3.8, 4) is 5.75 Å². The summed E-state index contributed by atoms with van der Waals surface area (Å²) in [7, 11) is 3.95. The molecule has 0 amide bonds. The molecule has 0 saturated carbocycles. The van der Waals surface area contributed by atoms with Crippen LogP contribution in [0.1, 0.15) is 12.5 Å². The molecule has 0 saturated heterocycles. The van der Waals surface area contributed by atoms with Crippen molar-refractivity contribution < 1.29 is 4.74 Å². The van der Waals surface area contributed by atoms with Gasteiger partial charge in [0, 0.05) is 26.2 Å². The van der Waals surface area contributed by atoms with Gasteiger partial charge in [-0.2, -0.15) is 0 Å². The number of benzene rings is 1. The summed E-state index contributed by atoms with van der Waals surface area (Å²) in [6.07, 6.45) is 0. The van der Waals surface area contributed by atoms with Crippen molar-refractivity contribution >= 4 is 0 Å². The monoisotopic (exact) mass is 194 g/mol. The van der Waals surface area contributed by atoms with E-state index >= 15 is 0 Å². The van der Waals surface area contributed by atoms with E-state index in [0.29, 0.717) is 6.61 Å². The molecule has 0 radical (unpaired) electrons. The maximum absolute atomic E-state index is 5.51. The number of para-hydroxylation sites is 1. The average Bonchev–Trinajstić information content (AvgIpc) is 2.17. The fraction of sp³-hybridized carbons (Fsp3) is 0.455. The van der Waals surface area contributed by atoms with Crippen LogP contribution < -0.4 is 10.2 Å². The van der Waals surface area contributed by atoms with Crippen LogP contribution in [0.3, 0.4) is 0 Å². The Morgan fingerprint density at radius 2 is 2.00 bits per heavy atom. The first-order valence-corrected chi connectivity index (χ1v) is 4.85. The third kappa shape index (κ3) is 3.36. The molecular formula is C11H18N2O. The zero-order valence-electron chi connectivity index (χ0n) is 9.08. The number of rotatable bonds is 5. The minimum atomic E-state index is 0.707. The highest BCUT2D eigenvalue weighted by molar-refractivity contribution is 5.33. The zero-order chi connectivity index (χ0) is 10.4. The van der Waals surface area contributed by atoms with Crippen molar-refractivity contribution in [2.45, 2.75) is 13.5 Å². The molecule has 3 nitrogen and oxygen atoms in total. The van der Waals surface area contributed by atoms with Gasteiger partial charge in [-0.25, -0.2) is 0 Å². The van der Waals surface area contributed by atoms with E-state index < -0.39 is 0 Å². The summed E-state index contributed by atoms with van der Waals surface area (Å²) < 4.78 is 5.51. The molecule has 0 atom stereocenters. The Labute approximate surface area is 85.6 Å². The molecule has 1 aromatic rings. The second kappa shape index (κ2) is 5.62. The molecule has 0 unspecified atom stereocenters. The molecule has 0 fully saturated rings. The van der Waals surface area contributed by atoms with Gasteiger partial charge in [-0.15, -0.1) is 0 Å². The van der Waals surface area contributed by atoms with E-state index in [9.17, 15) is 0 Å². The van der Waals surface area contributed by atoms with Gasteiger partial charge in [-0.3, -0.25) is 10.4 Å². The maximum atomic E-state index is 5.51. The van der Waals surface area contributed by atoms with Gasteiger partial charge < -0.3 is 4.74 Å². The van der Waals surface area contributed by atoms with Gasteiger partial charge in [0.05, 0.1) is 6.61 Å². The van der Waals surface area contributed by atoms with Crippen LogP contribution in [0.5, 0.6) is 5.75 Å². The number of nitrogens with zero attached hydrogens (tertiary/aromatic N) is 1. The standard InChI is InChI=1S/C11H18N2O/c1-4-14-11-8-6-5-7-10(11)9-12-13(2)3/h5-8,12H,4,9H2,1-3H3. The highest BCUT2D eigenvalue weighted by Crippen LogP contribution is 2.17. The van der Waals surface area contributed by atoms with Crippen LogP contribution in [0.25, 0.3) is 0 Å². The molecule has 14 heavy (non-hydrogen) atoms. The fourth-order valence-electron chi connectivity index (χ4n) is 1.19. The van der Waals surface area contributed by atoms with E-state index in [1.807, 2.05) is 44.2 Å². The third-order valence-electron chi connectivity index (χ3n) is 1.86. The minimum absolute atomic E-state index is 0.707.